The molecule has 1 saturated heterocycles. The Morgan fingerprint density at radius 3 is 2.29 bits per heavy atom. The Kier molecular flexibility index (Phi) is 4.02. The molecule has 1 aliphatic rings. The number of hydrogen-bond acceptors (Lipinski definition) is 5. The number of likely N-dealkylation sites (tertiary alicyclic amines) is 1. The first-order valence-corrected chi connectivity index (χ1v) is 7.10. The first-order chi connectivity index (χ1) is 9.74. The number of hydrogen-bond donors (Lipinski definition) is 0. The second-order valence-electron chi connectivity index (χ2n) is 6.40. The van der Waals surface area contributed by atoms with Gasteiger partial charge in [-0.15, -0.1) is 5.10 Å². The molecule has 1 amide bonds. The van der Waals surface area contributed by atoms with E-state index in [0.29, 0.717) is 25.9 Å². The van der Waals surface area contributed by atoms with E-state index < -0.39 is 11.1 Å². The highest BCUT2D eigenvalue weighted by atomic mass is 16.6. The van der Waals surface area contributed by atoms with Crippen LogP contribution in [0.1, 0.15) is 40.5 Å². The van der Waals surface area contributed by atoms with Crippen molar-refractivity contribution in [1.29, 1.82) is 0 Å². The van der Waals surface area contributed by atoms with Crippen LogP contribution >= 0.6 is 0 Å². The largest absolute Gasteiger partial charge is 0.444 e. The van der Waals surface area contributed by atoms with Crippen LogP contribution in [0.3, 0.4) is 0 Å². The molecule has 7 nitrogen and oxygen atoms in total. The van der Waals surface area contributed by atoms with Crippen molar-refractivity contribution in [1.82, 2.24) is 19.9 Å². The molecule has 0 spiro atoms. The fraction of sp³-hybridized carbons (Fsp3) is 0.714. The summed E-state index contributed by atoms with van der Waals surface area (Å²) >= 11 is 0. The second-order valence-corrected chi connectivity index (χ2v) is 6.40. The standard InChI is InChI=1S/C14H22N4O3/c1-11(19)14(18-10-7-15-16-18)5-8-17(9-6-14)12(20)21-13(2,3)4/h7,10H,5-6,8-9H2,1-4H3. The summed E-state index contributed by atoms with van der Waals surface area (Å²) < 4.78 is 6.98. The van der Waals surface area contributed by atoms with Gasteiger partial charge in [0.2, 0.25) is 0 Å². The summed E-state index contributed by atoms with van der Waals surface area (Å²) in [4.78, 5) is 25.8. The van der Waals surface area contributed by atoms with Crippen LogP contribution in [0.4, 0.5) is 4.79 Å². The SMILES string of the molecule is CC(=O)C1(n2ccnn2)CCN(C(=O)OC(C)(C)C)CC1. The molecule has 1 aromatic rings. The topological polar surface area (TPSA) is 77.3 Å². The maximum absolute atomic E-state index is 12.1. The van der Waals surface area contributed by atoms with Gasteiger partial charge in [0.15, 0.2) is 5.78 Å². The van der Waals surface area contributed by atoms with Crippen LogP contribution in [-0.2, 0) is 15.1 Å². The van der Waals surface area contributed by atoms with Crippen LogP contribution in [0, 0.1) is 0 Å². The van der Waals surface area contributed by atoms with E-state index in [1.54, 1.807) is 28.9 Å². The van der Waals surface area contributed by atoms with Gasteiger partial charge in [-0.2, -0.15) is 0 Å². The molecule has 0 N–H and O–H groups in total. The molecule has 21 heavy (non-hydrogen) atoms. The smallest absolute Gasteiger partial charge is 0.410 e. The first kappa shape index (κ1) is 15.5. The van der Waals surface area contributed by atoms with Gasteiger partial charge in [0, 0.05) is 19.3 Å². The van der Waals surface area contributed by atoms with Crippen molar-refractivity contribution in [2.75, 3.05) is 13.1 Å². The van der Waals surface area contributed by atoms with Gasteiger partial charge in [-0.1, -0.05) is 5.21 Å². The average Bonchev–Trinajstić information content (AvgIpc) is 2.90. The van der Waals surface area contributed by atoms with Gasteiger partial charge in [0.1, 0.15) is 11.1 Å². The molecule has 0 bridgehead atoms. The molecule has 1 aromatic heterocycles. The number of nitrogens with zero attached hydrogens (tertiary/aromatic N) is 4. The average molecular weight is 294 g/mol. The lowest BCUT2D eigenvalue weighted by Gasteiger charge is -2.40. The third kappa shape index (κ3) is 3.22. The van der Waals surface area contributed by atoms with Crippen molar-refractivity contribution >= 4 is 11.9 Å². The van der Waals surface area contributed by atoms with E-state index in [2.05, 4.69) is 10.3 Å². The lowest BCUT2D eigenvalue weighted by molar-refractivity contribution is -0.128. The van der Waals surface area contributed by atoms with Gasteiger partial charge in [-0.25, -0.2) is 9.48 Å². The molecule has 2 rings (SSSR count). The number of carbonyl (C=O) groups is 2. The minimum atomic E-state index is -0.699. The Balaban J connectivity index is 2.08. The Morgan fingerprint density at radius 2 is 1.86 bits per heavy atom. The van der Waals surface area contributed by atoms with E-state index >= 15 is 0 Å². The zero-order valence-corrected chi connectivity index (χ0v) is 13.0. The minimum Gasteiger partial charge on any atom is -0.444 e. The first-order valence-electron chi connectivity index (χ1n) is 7.10. The molecule has 116 valence electrons. The van der Waals surface area contributed by atoms with E-state index in [0.717, 1.165) is 0 Å². The lowest BCUT2D eigenvalue weighted by atomic mass is 9.84. The number of Topliss-reactive ketones (excluding diaryl/α,β-unsaturated/α-hetero) is 1. The summed E-state index contributed by atoms with van der Waals surface area (Å²) in [5.41, 5.74) is -1.22. The summed E-state index contributed by atoms with van der Waals surface area (Å²) in [5, 5.41) is 7.76. The third-order valence-electron chi connectivity index (χ3n) is 3.76. The molecule has 0 aromatic carbocycles. The zero-order chi connectivity index (χ0) is 15.7. The van der Waals surface area contributed by atoms with Crippen molar-refractivity contribution in [3.63, 3.8) is 0 Å². The molecule has 0 unspecified atom stereocenters. The predicted octanol–water partition coefficient (Wildman–Crippen LogP) is 1.59. The molecule has 1 fully saturated rings. The van der Waals surface area contributed by atoms with Crippen molar-refractivity contribution in [3.8, 4) is 0 Å². The van der Waals surface area contributed by atoms with E-state index in [-0.39, 0.29) is 11.9 Å². The zero-order valence-electron chi connectivity index (χ0n) is 13.0. The van der Waals surface area contributed by atoms with Crippen LogP contribution in [0.5, 0.6) is 0 Å². The van der Waals surface area contributed by atoms with Crippen molar-refractivity contribution in [2.24, 2.45) is 0 Å². The number of ether oxygens (including phenoxy) is 1. The van der Waals surface area contributed by atoms with E-state index in [9.17, 15) is 9.59 Å². The van der Waals surface area contributed by atoms with Gasteiger partial charge in [0.25, 0.3) is 0 Å². The van der Waals surface area contributed by atoms with Crippen LogP contribution < -0.4 is 0 Å². The third-order valence-corrected chi connectivity index (χ3v) is 3.76. The molecule has 1 aliphatic heterocycles. The molecule has 0 aliphatic carbocycles. The van der Waals surface area contributed by atoms with E-state index in [4.69, 9.17) is 4.74 Å². The summed E-state index contributed by atoms with van der Waals surface area (Å²) in [7, 11) is 0. The molecular formula is C14H22N4O3. The lowest BCUT2D eigenvalue weighted by Crippen LogP contribution is -2.52. The molecule has 2 heterocycles. The van der Waals surface area contributed by atoms with Gasteiger partial charge in [-0.05, 0) is 40.5 Å². The quantitative estimate of drug-likeness (QED) is 0.828. The van der Waals surface area contributed by atoms with Gasteiger partial charge in [-0.3, -0.25) is 4.79 Å². The van der Waals surface area contributed by atoms with Crippen LogP contribution in [0.2, 0.25) is 0 Å². The van der Waals surface area contributed by atoms with Crippen LogP contribution in [-0.4, -0.2) is 50.5 Å². The number of aromatic nitrogens is 3. The number of ketones is 1. The van der Waals surface area contributed by atoms with Gasteiger partial charge in [0.05, 0.1) is 6.20 Å². The maximum atomic E-state index is 12.1. The van der Waals surface area contributed by atoms with Gasteiger partial charge >= 0.3 is 6.09 Å². The highest BCUT2D eigenvalue weighted by Gasteiger charge is 2.43. The summed E-state index contributed by atoms with van der Waals surface area (Å²) in [6.07, 6.45) is 3.96. The number of piperidine rings is 1. The molecule has 0 atom stereocenters. The molecule has 0 saturated carbocycles. The highest BCUT2D eigenvalue weighted by molar-refractivity contribution is 5.84. The number of rotatable bonds is 2. The van der Waals surface area contributed by atoms with Crippen molar-refractivity contribution in [2.45, 2.75) is 51.7 Å². The Hall–Kier alpha value is -1.92. The normalized spacial score (nSPS) is 18.4. The fourth-order valence-electron chi connectivity index (χ4n) is 2.56. The van der Waals surface area contributed by atoms with E-state index in [1.807, 2.05) is 20.8 Å². The Morgan fingerprint density at radius 1 is 1.24 bits per heavy atom. The maximum Gasteiger partial charge on any atom is 0.410 e. The van der Waals surface area contributed by atoms with Crippen molar-refractivity contribution in [3.05, 3.63) is 12.4 Å². The van der Waals surface area contributed by atoms with Crippen LogP contribution in [0.25, 0.3) is 0 Å². The predicted molar refractivity (Wildman–Crippen MR) is 75.7 cm³/mol. The minimum absolute atomic E-state index is 0.0387. The Bertz CT molecular complexity index is 511. The number of amides is 1. The summed E-state index contributed by atoms with van der Waals surface area (Å²) in [6, 6.07) is 0. The van der Waals surface area contributed by atoms with E-state index in [1.165, 1.54) is 0 Å². The van der Waals surface area contributed by atoms with Crippen LogP contribution in [0.15, 0.2) is 12.4 Å². The number of carbonyl (C=O) groups excluding carboxylic acids is 2. The molecule has 0 radical (unpaired) electrons. The van der Waals surface area contributed by atoms with Crippen molar-refractivity contribution < 1.29 is 14.3 Å². The fourth-order valence-corrected chi connectivity index (χ4v) is 2.56. The second kappa shape index (κ2) is 5.46. The molecular weight excluding hydrogens is 272 g/mol. The monoisotopic (exact) mass is 294 g/mol. The van der Waals surface area contributed by atoms with Gasteiger partial charge < -0.3 is 9.64 Å². The summed E-state index contributed by atoms with van der Waals surface area (Å²) in [6.45, 7) is 8.01. The highest BCUT2D eigenvalue weighted by Crippen LogP contribution is 2.31. The summed E-state index contributed by atoms with van der Waals surface area (Å²) in [5.74, 6) is 0.0387. The molecule has 7 heteroatoms. The Labute approximate surface area is 124 Å².